The topological polar surface area (TPSA) is 55.2 Å². The van der Waals surface area contributed by atoms with Crippen molar-refractivity contribution in [2.45, 2.75) is 34.6 Å². The summed E-state index contributed by atoms with van der Waals surface area (Å²) >= 11 is 0. The van der Waals surface area contributed by atoms with E-state index < -0.39 is 0 Å². The number of amides is 1. The van der Waals surface area contributed by atoms with Gasteiger partial charge in [0.2, 0.25) is 5.91 Å². The summed E-state index contributed by atoms with van der Waals surface area (Å²) in [5.74, 6) is -0.215. The highest BCUT2D eigenvalue weighted by Gasteiger charge is 2.13. The molecule has 0 fully saturated rings. The van der Waals surface area contributed by atoms with Crippen LogP contribution >= 0.6 is 0 Å². The van der Waals surface area contributed by atoms with E-state index in [0.717, 1.165) is 27.4 Å². The van der Waals surface area contributed by atoms with Gasteiger partial charge in [-0.2, -0.15) is 0 Å². The van der Waals surface area contributed by atoms with E-state index in [0.29, 0.717) is 11.4 Å². The number of likely N-dealkylation sites (N-methyl/N-ethyl adjacent to an activating group) is 1. The zero-order valence-corrected chi connectivity index (χ0v) is 19.7. The van der Waals surface area contributed by atoms with Gasteiger partial charge in [-0.15, -0.1) is 0 Å². The molecule has 0 aliphatic heterocycles. The molecule has 0 saturated heterocycles. The van der Waals surface area contributed by atoms with Crippen LogP contribution in [0.5, 0.6) is 0 Å². The number of hydrogen-bond acceptors (Lipinski definition) is 3. The molecule has 0 aliphatic carbocycles. The van der Waals surface area contributed by atoms with Crippen LogP contribution < -0.4 is 10.5 Å². The van der Waals surface area contributed by atoms with Crippen molar-refractivity contribution in [1.29, 1.82) is 0 Å². The number of anilines is 1. The summed E-state index contributed by atoms with van der Waals surface area (Å²) in [5.41, 5.74) is 3.95. The van der Waals surface area contributed by atoms with Crippen LogP contribution in [0.15, 0.2) is 78.2 Å². The first-order valence-corrected chi connectivity index (χ1v) is 10.9. The average Bonchev–Trinajstić information content (AvgIpc) is 2.85. The number of hydrogen-bond donors (Lipinski definition) is 0. The van der Waals surface area contributed by atoms with Crippen LogP contribution in [0.4, 0.5) is 5.69 Å². The maximum atomic E-state index is 12.9. The molecule has 0 atom stereocenters. The molecule has 1 amide bonds. The fourth-order valence-electron chi connectivity index (χ4n) is 3.39. The highest BCUT2D eigenvalue weighted by Crippen LogP contribution is 2.27. The van der Waals surface area contributed by atoms with Crippen LogP contribution in [0, 0.1) is 6.92 Å². The van der Waals surface area contributed by atoms with Gasteiger partial charge < -0.3 is 4.90 Å². The summed E-state index contributed by atoms with van der Waals surface area (Å²) in [6, 6.07) is 16.7. The van der Waals surface area contributed by atoms with Crippen LogP contribution in [-0.4, -0.2) is 22.5 Å². The highest BCUT2D eigenvalue weighted by molar-refractivity contribution is 6.04. The van der Waals surface area contributed by atoms with Gasteiger partial charge in [-0.3, -0.25) is 19.1 Å². The maximum Gasteiger partial charge on any atom is 0.255 e. The number of aromatic nitrogens is 2. The molecule has 0 radical (unpaired) electrons. The standard InChI is InChI=1S/C23H19N3O2.2C2H6/c1-4-21(27)25(3)17-6-5-7-18(13-17)26-22(28)11-9-16-14-24-20-10-8-15(2)12-19(20)23(16)26;2*1-2/h4-14H,1H2,2-3H3;2*1-2H3. The lowest BCUT2D eigenvalue weighted by Crippen LogP contribution is -2.24. The maximum absolute atomic E-state index is 12.9. The van der Waals surface area contributed by atoms with Gasteiger partial charge in [-0.25, -0.2) is 0 Å². The molecule has 0 bridgehead atoms. The molecule has 32 heavy (non-hydrogen) atoms. The zero-order valence-electron chi connectivity index (χ0n) is 19.7. The number of pyridine rings is 2. The second kappa shape index (κ2) is 11.0. The van der Waals surface area contributed by atoms with Crippen molar-refractivity contribution in [2.75, 3.05) is 11.9 Å². The van der Waals surface area contributed by atoms with Gasteiger partial charge in [0.1, 0.15) is 0 Å². The Kier molecular flexibility index (Phi) is 8.47. The van der Waals surface area contributed by atoms with Crippen molar-refractivity contribution >= 4 is 33.4 Å². The molecule has 0 spiro atoms. The number of fused-ring (bicyclic) bond motifs is 3. The summed E-state index contributed by atoms with van der Waals surface area (Å²) in [7, 11) is 1.68. The van der Waals surface area contributed by atoms with Gasteiger partial charge in [-0.05, 0) is 49.4 Å². The first-order chi connectivity index (χ1) is 15.5. The fourth-order valence-corrected chi connectivity index (χ4v) is 3.39. The number of aryl methyl sites for hydroxylation is 1. The van der Waals surface area contributed by atoms with Gasteiger partial charge in [0, 0.05) is 35.8 Å². The Morgan fingerprint density at radius 2 is 1.75 bits per heavy atom. The van der Waals surface area contributed by atoms with Crippen molar-refractivity contribution in [3.8, 4) is 5.69 Å². The van der Waals surface area contributed by atoms with Crippen LogP contribution in [-0.2, 0) is 4.79 Å². The van der Waals surface area contributed by atoms with Crippen LogP contribution in [0.2, 0.25) is 0 Å². The van der Waals surface area contributed by atoms with Crippen LogP contribution in [0.25, 0.3) is 27.5 Å². The molecule has 4 aromatic rings. The van der Waals surface area contributed by atoms with Gasteiger partial charge in [0.15, 0.2) is 0 Å². The van der Waals surface area contributed by atoms with E-state index in [4.69, 9.17) is 0 Å². The molecule has 5 nitrogen and oxygen atoms in total. The van der Waals surface area contributed by atoms with Crippen molar-refractivity contribution in [3.63, 3.8) is 0 Å². The summed E-state index contributed by atoms with van der Waals surface area (Å²) in [6.45, 7) is 13.5. The smallest absolute Gasteiger partial charge is 0.255 e. The first-order valence-electron chi connectivity index (χ1n) is 10.9. The number of benzene rings is 2. The molecule has 5 heteroatoms. The number of carbonyl (C=O) groups excluding carboxylic acids is 1. The summed E-state index contributed by atoms with van der Waals surface area (Å²) < 4.78 is 1.68. The first kappa shape index (κ1) is 24.5. The molecule has 0 unspecified atom stereocenters. The minimum absolute atomic E-state index is 0.142. The SMILES string of the molecule is C=CC(=O)N(C)c1cccc(-n2c(=O)ccc3cnc4ccc(C)cc4c32)c1.CC.CC. The molecule has 2 heterocycles. The third kappa shape index (κ3) is 4.78. The van der Waals surface area contributed by atoms with Crippen molar-refractivity contribution in [3.05, 3.63) is 89.4 Å². The molecule has 166 valence electrons. The molecular formula is C27H31N3O2. The largest absolute Gasteiger partial charge is 0.312 e. The second-order valence-electron chi connectivity index (χ2n) is 6.71. The molecule has 0 N–H and O–H groups in total. The predicted octanol–water partition coefficient (Wildman–Crippen LogP) is 6.05. The summed E-state index contributed by atoms with van der Waals surface area (Å²) in [6.07, 6.45) is 3.04. The zero-order chi connectivity index (χ0) is 23.8. The molecule has 0 saturated carbocycles. The van der Waals surface area contributed by atoms with Crippen LogP contribution in [0.3, 0.4) is 0 Å². The number of nitrogens with zero attached hydrogens (tertiary/aromatic N) is 3. The second-order valence-corrected chi connectivity index (χ2v) is 6.71. The minimum Gasteiger partial charge on any atom is -0.312 e. The summed E-state index contributed by atoms with van der Waals surface area (Å²) in [5, 5.41) is 1.79. The van der Waals surface area contributed by atoms with E-state index in [9.17, 15) is 9.59 Å². The lowest BCUT2D eigenvalue weighted by Gasteiger charge is -2.18. The van der Waals surface area contributed by atoms with Crippen molar-refractivity contribution < 1.29 is 4.79 Å². The van der Waals surface area contributed by atoms with Crippen molar-refractivity contribution in [2.24, 2.45) is 0 Å². The molecule has 2 aromatic carbocycles. The highest BCUT2D eigenvalue weighted by atomic mass is 16.2. The van der Waals surface area contributed by atoms with E-state index in [2.05, 4.69) is 11.6 Å². The van der Waals surface area contributed by atoms with E-state index >= 15 is 0 Å². The Labute approximate surface area is 189 Å². The van der Waals surface area contributed by atoms with E-state index in [1.807, 2.05) is 77.1 Å². The van der Waals surface area contributed by atoms with Gasteiger partial charge in [-0.1, -0.05) is 52.0 Å². The predicted molar refractivity (Wildman–Crippen MR) is 136 cm³/mol. The molecular weight excluding hydrogens is 398 g/mol. The monoisotopic (exact) mass is 429 g/mol. The molecule has 0 aliphatic rings. The van der Waals surface area contributed by atoms with E-state index in [1.165, 1.54) is 17.0 Å². The van der Waals surface area contributed by atoms with Crippen molar-refractivity contribution in [1.82, 2.24) is 9.55 Å². The average molecular weight is 430 g/mol. The Morgan fingerprint density at radius 1 is 1.03 bits per heavy atom. The lowest BCUT2D eigenvalue weighted by molar-refractivity contribution is -0.113. The van der Waals surface area contributed by atoms with E-state index in [-0.39, 0.29) is 11.5 Å². The quantitative estimate of drug-likeness (QED) is 0.294. The Morgan fingerprint density at radius 3 is 2.44 bits per heavy atom. The molecule has 2 aromatic heterocycles. The number of carbonyl (C=O) groups is 1. The fraction of sp³-hybridized carbons (Fsp3) is 0.222. The minimum atomic E-state index is -0.215. The van der Waals surface area contributed by atoms with Gasteiger partial charge in [0.05, 0.1) is 16.7 Å². The van der Waals surface area contributed by atoms with Crippen LogP contribution in [0.1, 0.15) is 33.3 Å². The Hall–Kier alpha value is -3.73. The third-order valence-corrected chi connectivity index (χ3v) is 4.85. The normalized spacial score (nSPS) is 9.94. The number of rotatable bonds is 3. The summed E-state index contributed by atoms with van der Waals surface area (Å²) in [4.78, 5) is 30.9. The Balaban J connectivity index is 0.000000860. The van der Waals surface area contributed by atoms with Gasteiger partial charge in [0.25, 0.3) is 5.56 Å². The lowest BCUT2D eigenvalue weighted by atomic mass is 10.1. The molecule has 4 rings (SSSR count). The van der Waals surface area contributed by atoms with E-state index in [1.54, 1.807) is 23.9 Å². The van der Waals surface area contributed by atoms with Gasteiger partial charge >= 0.3 is 0 Å². The Bertz CT molecular complexity index is 1310. The third-order valence-electron chi connectivity index (χ3n) is 4.85.